The van der Waals surface area contributed by atoms with Crippen molar-refractivity contribution in [2.75, 3.05) is 20.3 Å². The van der Waals surface area contributed by atoms with Crippen molar-refractivity contribution >= 4 is 17.9 Å². The second-order valence-corrected chi connectivity index (χ2v) is 18.1. The van der Waals surface area contributed by atoms with Gasteiger partial charge in [-0.15, -0.1) is 0 Å². The lowest BCUT2D eigenvalue weighted by Gasteiger charge is -2.47. The van der Waals surface area contributed by atoms with Crippen molar-refractivity contribution in [3.63, 3.8) is 0 Å². The molecule has 6 unspecified atom stereocenters. The second kappa shape index (κ2) is 27.4. The average Bonchev–Trinajstić information content (AvgIpc) is 3.48. The van der Waals surface area contributed by atoms with Gasteiger partial charge in [0.1, 0.15) is 30.5 Å². The molecular weight excluding hydrogens is 969 g/mol. The van der Waals surface area contributed by atoms with Gasteiger partial charge < -0.3 is 52.1 Å². The summed E-state index contributed by atoms with van der Waals surface area (Å²) < 4.78 is 72.2. The van der Waals surface area contributed by atoms with Gasteiger partial charge in [-0.2, -0.15) is 0 Å². The fourth-order valence-electron chi connectivity index (χ4n) is 8.97. The predicted octanol–water partition coefficient (Wildman–Crippen LogP) is 9.75. The zero-order chi connectivity index (χ0) is 52.3. The van der Waals surface area contributed by atoms with Crippen molar-refractivity contribution in [2.24, 2.45) is 0 Å². The Morgan fingerprint density at radius 2 is 0.684 bits per heavy atom. The number of methoxy groups -OCH3 is 1. The highest BCUT2D eigenvalue weighted by molar-refractivity contribution is 5.91. The molecule has 0 amide bonds. The maximum absolute atomic E-state index is 14.2. The van der Waals surface area contributed by atoms with Gasteiger partial charge in [0, 0.05) is 7.11 Å². The number of esters is 3. The van der Waals surface area contributed by atoms with E-state index in [0.717, 1.165) is 22.3 Å². The lowest BCUT2D eigenvalue weighted by molar-refractivity contribution is -0.343. The van der Waals surface area contributed by atoms with E-state index in [0.29, 0.717) is 0 Å². The van der Waals surface area contributed by atoms with Crippen LogP contribution in [0.4, 0.5) is 0 Å². The van der Waals surface area contributed by atoms with Gasteiger partial charge in [-0.3, -0.25) is 0 Å². The smallest absolute Gasteiger partial charge is 0.338 e. The van der Waals surface area contributed by atoms with E-state index < -0.39 is 79.3 Å². The molecule has 0 spiro atoms. The van der Waals surface area contributed by atoms with Crippen LogP contribution in [0.2, 0.25) is 0 Å². The maximum atomic E-state index is 14.2. The van der Waals surface area contributed by atoms with Crippen molar-refractivity contribution in [1.29, 1.82) is 0 Å². The van der Waals surface area contributed by atoms with E-state index in [1.54, 1.807) is 91.0 Å². The van der Waals surface area contributed by atoms with Crippen molar-refractivity contribution < 1.29 is 66.5 Å². The van der Waals surface area contributed by atoms with E-state index in [1.165, 1.54) is 7.11 Å². The van der Waals surface area contributed by atoms with Crippen LogP contribution in [0.25, 0.3) is 0 Å². The zero-order valence-electron chi connectivity index (χ0n) is 41.9. The molecule has 0 bridgehead atoms. The number of benzene rings is 7. The summed E-state index contributed by atoms with van der Waals surface area (Å²) in [7, 11) is 1.36. The zero-order valence-corrected chi connectivity index (χ0v) is 41.9. The highest BCUT2D eigenvalue weighted by Crippen LogP contribution is 2.35. The number of hydrogen-bond donors (Lipinski definition) is 0. The topological polar surface area (TPSA) is 153 Å². The molecule has 14 nitrogen and oxygen atoms in total. The molecule has 0 aromatic heterocycles. The molecule has 2 saturated heterocycles. The van der Waals surface area contributed by atoms with Gasteiger partial charge in [0.05, 0.1) is 56.3 Å². The molecule has 2 fully saturated rings. The molecule has 392 valence electrons. The van der Waals surface area contributed by atoms with Gasteiger partial charge in [0.2, 0.25) is 0 Å². The van der Waals surface area contributed by atoms with E-state index in [-0.39, 0.29) is 56.3 Å². The van der Waals surface area contributed by atoms with Crippen LogP contribution in [0.15, 0.2) is 212 Å². The minimum atomic E-state index is -1.52. The van der Waals surface area contributed by atoms with Gasteiger partial charge >= 0.3 is 17.9 Å². The van der Waals surface area contributed by atoms with Crippen LogP contribution in [0.3, 0.4) is 0 Å². The first-order chi connectivity index (χ1) is 37.4. The predicted molar refractivity (Wildman–Crippen MR) is 278 cm³/mol. The first kappa shape index (κ1) is 53.5. The van der Waals surface area contributed by atoms with E-state index in [1.807, 2.05) is 121 Å². The number of rotatable bonds is 23. The van der Waals surface area contributed by atoms with Gasteiger partial charge in [-0.1, -0.05) is 176 Å². The average molecular weight is 1030 g/mol. The third kappa shape index (κ3) is 14.5. The Kier molecular flexibility index (Phi) is 19.3. The Labute approximate surface area is 442 Å². The lowest BCUT2D eigenvalue weighted by atomic mass is 9.96. The fourth-order valence-corrected chi connectivity index (χ4v) is 8.97. The quantitative estimate of drug-likeness (QED) is 0.0441. The van der Waals surface area contributed by atoms with Crippen LogP contribution in [0.5, 0.6) is 0 Å². The van der Waals surface area contributed by atoms with Crippen molar-refractivity contribution in [2.45, 2.75) is 87.8 Å². The Morgan fingerprint density at radius 3 is 1.12 bits per heavy atom. The molecule has 7 aromatic rings. The largest absolute Gasteiger partial charge is 0.452 e. The second-order valence-electron chi connectivity index (χ2n) is 18.1. The summed E-state index contributed by atoms with van der Waals surface area (Å²) in [6, 6.07) is 63.9. The maximum Gasteiger partial charge on any atom is 0.338 e. The van der Waals surface area contributed by atoms with E-state index in [2.05, 4.69) is 0 Å². The van der Waals surface area contributed by atoms with Crippen LogP contribution in [0.1, 0.15) is 53.3 Å². The van der Waals surface area contributed by atoms with Gasteiger partial charge in [-0.25, -0.2) is 14.4 Å². The van der Waals surface area contributed by atoms with Crippen molar-refractivity contribution in [3.8, 4) is 0 Å². The van der Waals surface area contributed by atoms with Crippen LogP contribution in [0, 0.1) is 0 Å². The van der Waals surface area contributed by atoms with Crippen LogP contribution in [-0.2, 0) is 78.5 Å². The van der Waals surface area contributed by atoms with Crippen molar-refractivity contribution in [1.82, 2.24) is 0 Å². The summed E-state index contributed by atoms with van der Waals surface area (Å²) >= 11 is 0. The molecule has 2 aliphatic heterocycles. The third-order valence-electron chi connectivity index (χ3n) is 12.8. The summed E-state index contributed by atoms with van der Waals surface area (Å²) in [5.41, 5.74) is 4.28. The van der Waals surface area contributed by atoms with Crippen LogP contribution in [-0.4, -0.2) is 99.6 Å². The molecule has 76 heavy (non-hydrogen) atoms. The van der Waals surface area contributed by atoms with Gasteiger partial charge in [-0.05, 0) is 58.7 Å². The normalized spacial score (nSPS) is 23.2. The summed E-state index contributed by atoms with van der Waals surface area (Å²) in [4.78, 5) is 42.3. The minimum absolute atomic E-state index is 0.0553. The molecule has 0 radical (unpaired) electrons. The first-order valence-corrected chi connectivity index (χ1v) is 25.2. The van der Waals surface area contributed by atoms with E-state index >= 15 is 0 Å². The van der Waals surface area contributed by atoms with E-state index in [9.17, 15) is 14.4 Å². The molecule has 7 aromatic carbocycles. The molecule has 14 heteroatoms. The number of carbonyl (C=O) groups is 3. The molecular formula is C62H60O14. The molecule has 0 saturated carbocycles. The Balaban J connectivity index is 1.08. The Morgan fingerprint density at radius 1 is 0.342 bits per heavy atom. The van der Waals surface area contributed by atoms with Gasteiger partial charge in [0.25, 0.3) is 0 Å². The summed E-state index contributed by atoms with van der Waals surface area (Å²) in [6.07, 6.45) is -11.7. The molecule has 9 rings (SSSR count). The summed E-state index contributed by atoms with van der Waals surface area (Å²) in [5.74, 6) is -2.32. The fraction of sp³-hybridized carbons (Fsp3) is 0.274. The van der Waals surface area contributed by atoms with Crippen molar-refractivity contribution in [3.05, 3.63) is 251 Å². The highest BCUT2D eigenvalue weighted by Gasteiger charge is 2.55. The first-order valence-electron chi connectivity index (χ1n) is 25.2. The van der Waals surface area contributed by atoms with Crippen LogP contribution < -0.4 is 0 Å². The van der Waals surface area contributed by atoms with E-state index in [4.69, 9.17) is 52.1 Å². The highest BCUT2D eigenvalue weighted by atomic mass is 16.8. The SMILES string of the molecule is CO[C@H]1OC(CO[C@H]2OC(COCc3ccccc3)[C@H](OCc3ccccc3)C(OCc3ccccc3)C2OCc2ccccc2)[C@@H](OC(=O)c2ccccc2)C(OC(=O)c2ccccc2)C1OC(=O)c1ccccc1. The van der Waals surface area contributed by atoms with Crippen LogP contribution >= 0.6 is 0 Å². The molecule has 0 aliphatic carbocycles. The molecule has 0 N–H and O–H groups in total. The third-order valence-corrected chi connectivity index (χ3v) is 12.8. The van der Waals surface area contributed by atoms with Gasteiger partial charge in [0.15, 0.2) is 30.9 Å². The number of carbonyl (C=O) groups excluding carboxylic acids is 3. The minimum Gasteiger partial charge on any atom is -0.452 e. The molecule has 2 aliphatic rings. The Hall–Kier alpha value is -7.37. The Bertz CT molecular complexity index is 2830. The monoisotopic (exact) mass is 1030 g/mol. The molecule has 10 atom stereocenters. The molecule has 2 heterocycles. The lowest BCUT2D eigenvalue weighted by Crippen LogP contribution is -2.64. The summed E-state index contributed by atoms with van der Waals surface area (Å²) in [5, 5.41) is 0. The number of ether oxygens (including phenoxy) is 11. The standard InChI is InChI=1S/C62H60O14/c1-66-61-57(76-60(65)49-35-21-8-22-36-49)55(75-59(64)48-33-19-7-20-34-48)53(74-58(63)47-31-17-6-18-32-47)51(72-61)42-71-62-56(70-40-46-29-15-5-16-30-46)54(69-39-45-27-13-4-14-28-45)52(68-38-44-25-11-3-12-26-44)50(73-62)41-67-37-43-23-9-2-10-24-43/h2-36,50-57,61-62H,37-42H2,1H3/t50?,51?,52-,53+,54?,55?,56?,57?,61-,62-/m0/s1. The number of hydrogen-bond acceptors (Lipinski definition) is 14. The summed E-state index contributed by atoms with van der Waals surface area (Å²) in [6.45, 7) is 0.495.